The summed E-state index contributed by atoms with van der Waals surface area (Å²) in [4.78, 5) is 1.97. The number of nitrogens with two attached hydrogens (primary N) is 1. The Bertz CT molecular complexity index is 122. The second kappa shape index (κ2) is 5.26. The van der Waals surface area contributed by atoms with Crippen LogP contribution >= 0.6 is 22.6 Å². The van der Waals surface area contributed by atoms with E-state index in [1.165, 1.54) is 0 Å². The van der Waals surface area contributed by atoms with Gasteiger partial charge in [0, 0.05) is 0 Å². The van der Waals surface area contributed by atoms with Gasteiger partial charge in [-0.25, -0.2) is 0 Å². The van der Waals surface area contributed by atoms with Crippen molar-refractivity contribution in [3.8, 4) is 0 Å². The monoisotopic (exact) mass is 295 g/mol. The molecule has 0 heterocycles. The first-order chi connectivity index (χ1) is 5.52. The Balaban J connectivity index is 0.000000561. The molecule has 0 amide bonds. The van der Waals surface area contributed by atoms with Crippen LogP contribution in [-0.4, -0.2) is 17.1 Å². The Hall–Kier alpha value is 0.480. The molecule has 1 unspecified atom stereocenters. The van der Waals surface area contributed by atoms with Crippen molar-refractivity contribution in [3.05, 3.63) is 0 Å². The Labute approximate surface area is 84.0 Å². The van der Waals surface area contributed by atoms with Gasteiger partial charge in [0.1, 0.15) is 6.04 Å². The minimum absolute atomic E-state index is 0.306. The van der Waals surface area contributed by atoms with E-state index in [0.717, 1.165) is 6.42 Å². The molecule has 0 bridgehead atoms. The van der Waals surface area contributed by atoms with Crippen molar-refractivity contribution in [3.63, 3.8) is 0 Å². The van der Waals surface area contributed by atoms with E-state index < -0.39 is 12.2 Å². The SMILES string of the molecule is CI.NC(C1CCC1)C(F)(F)F. The highest BCUT2D eigenvalue weighted by atomic mass is 127. The van der Waals surface area contributed by atoms with Gasteiger partial charge < -0.3 is 5.73 Å². The molecule has 0 saturated heterocycles. The lowest BCUT2D eigenvalue weighted by Gasteiger charge is -2.32. The summed E-state index contributed by atoms with van der Waals surface area (Å²) in [5, 5.41) is 0. The van der Waals surface area contributed by atoms with Gasteiger partial charge in [-0.15, -0.1) is 0 Å². The third kappa shape index (κ3) is 3.47. The van der Waals surface area contributed by atoms with Crippen molar-refractivity contribution in [1.82, 2.24) is 0 Å². The highest BCUT2D eigenvalue weighted by Gasteiger charge is 2.43. The van der Waals surface area contributed by atoms with Crippen molar-refractivity contribution in [2.75, 3.05) is 4.93 Å². The molecule has 12 heavy (non-hydrogen) atoms. The maximum Gasteiger partial charge on any atom is 0.403 e. The Morgan fingerprint density at radius 1 is 1.33 bits per heavy atom. The molecule has 1 saturated carbocycles. The van der Waals surface area contributed by atoms with E-state index in [1.54, 1.807) is 0 Å². The van der Waals surface area contributed by atoms with Gasteiger partial charge >= 0.3 is 6.18 Å². The zero-order valence-corrected chi connectivity index (χ0v) is 9.02. The van der Waals surface area contributed by atoms with Gasteiger partial charge in [-0.3, -0.25) is 0 Å². The fraction of sp³-hybridized carbons (Fsp3) is 1.00. The third-order valence-corrected chi connectivity index (χ3v) is 2.04. The van der Waals surface area contributed by atoms with E-state index >= 15 is 0 Å². The quantitative estimate of drug-likeness (QED) is 0.584. The van der Waals surface area contributed by atoms with Crippen LogP contribution in [0.25, 0.3) is 0 Å². The molecule has 0 spiro atoms. The lowest BCUT2D eigenvalue weighted by molar-refractivity contribution is -0.164. The van der Waals surface area contributed by atoms with Crippen molar-refractivity contribution in [2.45, 2.75) is 31.5 Å². The Morgan fingerprint density at radius 3 is 1.83 bits per heavy atom. The normalized spacial score (nSPS) is 20.5. The van der Waals surface area contributed by atoms with Crippen LogP contribution in [0.1, 0.15) is 19.3 Å². The zero-order chi connectivity index (χ0) is 9.78. The average molecular weight is 295 g/mol. The van der Waals surface area contributed by atoms with Crippen LogP contribution in [0.15, 0.2) is 0 Å². The van der Waals surface area contributed by atoms with Crippen molar-refractivity contribution in [2.24, 2.45) is 11.7 Å². The summed E-state index contributed by atoms with van der Waals surface area (Å²) in [6.45, 7) is 0. The summed E-state index contributed by atoms with van der Waals surface area (Å²) in [6.07, 6.45) is -2.01. The summed E-state index contributed by atoms with van der Waals surface area (Å²) in [6, 6.07) is -1.58. The minimum Gasteiger partial charge on any atom is -0.320 e. The van der Waals surface area contributed by atoms with E-state index in [-0.39, 0.29) is 5.92 Å². The topological polar surface area (TPSA) is 26.0 Å². The number of hydrogen-bond acceptors (Lipinski definition) is 1. The first kappa shape index (κ1) is 12.5. The molecule has 1 aliphatic rings. The van der Waals surface area contributed by atoms with Crippen molar-refractivity contribution >= 4 is 22.6 Å². The van der Waals surface area contributed by atoms with Crippen LogP contribution in [0, 0.1) is 5.92 Å². The summed E-state index contributed by atoms with van der Waals surface area (Å²) < 4.78 is 35.4. The number of alkyl halides is 4. The van der Waals surface area contributed by atoms with E-state index in [9.17, 15) is 13.2 Å². The van der Waals surface area contributed by atoms with Crippen molar-refractivity contribution < 1.29 is 13.2 Å². The highest BCUT2D eigenvalue weighted by Crippen LogP contribution is 2.35. The number of hydrogen-bond donors (Lipinski definition) is 1. The molecule has 0 aromatic carbocycles. The van der Waals surface area contributed by atoms with Gasteiger partial charge in [0.15, 0.2) is 0 Å². The van der Waals surface area contributed by atoms with E-state index in [0.29, 0.717) is 12.8 Å². The van der Waals surface area contributed by atoms with Crippen molar-refractivity contribution in [1.29, 1.82) is 0 Å². The van der Waals surface area contributed by atoms with E-state index in [1.807, 2.05) is 4.93 Å². The zero-order valence-electron chi connectivity index (χ0n) is 6.87. The maximum atomic E-state index is 11.8. The second-order valence-electron chi connectivity index (χ2n) is 2.76. The fourth-order valence-electron chi connectivity index (χ4n) is 1.07. The largest absolute Gasteiger partial charge is 0.403 e. The van der Waals surface area contributed by atoms with Gasteiger partial charge in [-0.05, 0) is 23.7 Å². The van der Waals surface area contributed by atoms with Crippen LogP contribution in [0.5, 0.6) is 0 Å². The molecular formula is C7H13F3IN. The molecule has 0 aromatic rings. The lowest BCUT2D eigenvalue weighted by atomic mass is 9.80. The molecule has 0 aromatic heterocycles. The summed E-state index contributed by atoms with van der Waals surface area (Å²) in [5.74, 6) is -0.306. The van der Waals surface area contributed by atoms with Gasteiger partial charge in [0.05, 0.1) is 0 Å². The second-order valence-corrected chi connectivity index (χ2v) is 2.76. The molecule has 1 atom stereocenters. The lowest BCUT2D eigenvalue weighted by Crippen LogP contribution is -2.46. The highest BCUT2D eigenvalue weighted by molar-refractivity contribution is 14.1. The summed E-state index contributed by atoms with van der Waals surface area (Å²) in [7, 11) is 0. The third-order valence-electron chi connectivity index (χ3n) is 2.04. The first-order valence-corrected chi connectivity index (χ1v) is 5.87. The number of halogens is 4. The van der Waals surface area contributed by atoms with E-state index in [4.69, 9.17) is 5.73 Å². The van der Waals surface area contributed by atoms with Crippen LogP contribution in [-0.2, 0) is 0 Å². The summed E-state index contributed by atoms with van der Waals surface area (Å²) >= 11 is 2.15. The molecule has 2 N–H and O–H groups in total. The molecule has 1 aliphatic carbocycles. The Morgan fingerprint density at radius 2 is 1.75 bits per heavy atom. The molecule has 1 rings (SSSR count). The van der Waals surface area contributed by atoms with Gasteiger partial charge in [0.2, 0.25) is 0 Å². The average Bonchev–Trinajstić information content (AvgIpc) is 1.86. The molecule has 0 aliphatic heterocycles. The van der Waals surface area contributed by atoms with Crippen LogP contribution in [0.2, 0.25) is 0 Å². The van der Waals surface area contributed by atoms with Crippen LogP contribution in [0.4, 0.5) is 13.2 Å². The predicted molar refractivity (Wildman–Crippen MR) is 51.3 cm³/mol. The predicted octanol–water partition coefficient (Wildman–Crippen LogP) is 2.73. The van der Waals surface area contributed by atoms with Gasteiger partial charge in [-0.1, -0.05) is 29.0 Å². The standard InChI is InChI=1S/C6H10F3N.CH3I/c7-6(8,9)5(10)4-2-1-3-4;1-2/h4-5H,1-3,10H2;1H3. The fourth-order valence-corrected chi connectivity index (χ4v) is 1.07. The molecule has 5 heteroatoms. The maximum absolute atomic E-state index is 11.8. The van der Waals surface area contributed by atoms with Crippen LogP contribution in [0.3, 0.4) is 0 Å². The van der Waals surface area contributed by atoms with Gasteiger partial charge in [-0.2, -0.15) is 13.2 Å². The molecule has 0 radical (unpaired) electrons. The minimum atomic E-state index is -4.19. The summed E-state index contributed by atoms with van der Waals surface area (Å²) in [5.41, 5.74) is 4.93. The Kier molecular flexibility index (Phi) is 5.47. The smallest absolute Gasteiger partial charge is 0.320 e. The van der Waals surface area contributed by atoms with E-state index in [2.05, 4.69) is 22.6 Å². The molecule has 74 valence electrons. The number of rotatable bonds is 1. The molecule has 1 nitrogen and oxygen atoms in total. The van der Waals surface area contributed by atoms with Gasteiger partial charge in [0.25, 0.3) is 0 Å². The molecule has 1 fully saturated rings. The van der Waals surface area contributed by atoms with Crippen LogP contribution < -0.4 is 5.73 Å². The first-order valence-electron chi connectivity index (χ1n) is 3.72. The molecular weight excluding hydrogens is 282 g/mol.